The Balaban J connectivity index is 0.00000256. The van der Waals surface area contributed by atoms with Crippen molar-refractivity contribution in [3.63, 3.8) is 0 Å². The van der Waals surface area contributed by atoms with Crippen LogP contribution in [0.25, 0.3) is 11.4 Å². The summed E-state index contributed by atoms with van der Waals surface area (Å²) in [6, 6.07) is 10.5. The molecule has 1 aliphatic rings. The highest BCUT2D eigenvalue weighted by Crippen LogP contribution is 2.31. The maximum atomic E-state index is 13.4. The Labute approximate surface area is 180 Å². The van der Waals surface area contributed by atoms with Crippen molar-refractivity contribution in [3.05, 3.63) is 64.8 Å². The predicted molar refractivity (Wildman–Crippen MR) is 115 cm³/mol. The standard InChI is InChI=1S/C22H23FN4O2.ClH/c1-13-11-15(5-8-18(13)23)22-26-21(29-27-22)10-9-20(28)25-19-4-2-3-14-12-16(24)6-7-17(14)19;/h5-8,11-12,19H,2-4,9-10,24H2,1H3,(H,25,28);1H. The van der Waals surface area contributed by atoms with E-state index in [4.69, 9.17) is 10.3 Å². The molecule has 3 aromatic rings. The van der Waals surface area contributed by atoms with Crippen LogP contribution in [0.15, 0.2) is 40.9 Å². The van der Waals surface area contributed by atoms with Crippen molar-refractivity contribution in [2.75, 3.05) is 5.73 Å². The number of carbonyl (C=O) groups excluding carboxylic acids is 1. The number of nitrogen functional groups attached to an aromatic ring is 1. The number of rotatable bonds is 5. The number of anilines is 1. The molecule has 3 N–H and O–H groups in total. The lowest BCUT2D eigenvalue weighted by Crippen LogP contribution is -2.31. The highest BCUT2D eigenvalue weighted by molar-refractivity contribution is 5.85. The van der Waals surface area contributed by atoms with Crippen LogP contribution in [-0.2, 0) is 17.6 Å². The normalized spacial score (nSPS) is 15.2. The van der Waals surface area contributed by atoms with E-state index in [2.05, 4.69) is 15.5 Å². The average Bonchev–Trinajstić information content (AvgIpc) is 3.17. The molecular formula is C22H24ClFN4O2. The number of aryl methyl sites for hydroxylation is 3. The Bertz CT molecular complexity index is 1050. The summed E-state index contributed by atoms with van der Waals surface area (Å²) in [6.07, 6.45) is 3.52. The highest BCUT2D eigenvalue weighted by atomic mass is 35.5. The maximum Gasteiger partial charge on any atom is 0.227 e. The molecule has 0 bridgehead atoms. The molecule has 1 amide bonds. The molecule has 1 atom stereocenters. The van der Waals surface area contributed by atoms with E-state index in [0.29, 0.717) is 29.3 Å². The lowest BCUT2D eigenvalue weighted by molar-refractivity contribution is -0.122. The van der Waals surface area contributed by atoms with Gasteiger partial charge in [0, 0.05) is 24.1 Å². The van der Waals surface area contributed by atoms with Crippen molar-refractivity contribution in [2.24, 2.45) is 0 Å². The first-order chi connectivity index (χ1) is 14.0. The van der Waals surface area contributed by atoms with Crippen molar-refractivity contribution in [1.82, 2.24) is 15.5 Å². The van der Waals surface area contributed by atoms with Gasteiger partial charge in [0.05, 0.1) is 6.04 Å². The van der Waals surface area contributed by atoms with Crippen molar-refractivity contribution < 1.29 is 13.7 Å². The third-order valence-electron chi connectivity index (χ3n) is 5.27. The van der Waals surface area contributed by atoms with E-state index in [9.17, 15) is 9.18 Å². The van der Waals surface area contributed by atoms with Gasteiger partial charge in [0.25, 0.3) is 0 Å². The first kappa shape index (κ1) is 21.8. The number of fused-ring (bicyclic) bond motifs is 1. The number of nitrogens with zero attached hydrogens (tertiary/aromatic N) is 2. The lowest BCUT2D eigenvalue weighted by atomic mass is 9.87. The minimum absolute atomic E-state index is 0. The number of nitrogens with one attached hydrogen (secondary N) is 1. The zero-order chi connectivity index (χ0) is 20.4. The summed E-state index contributed by atoms with van der Waals surface area (Å²) >= 11 is 0. The van der Waals surface area contributed by atoms with Gasteiger partial charge in [-0.1, -0.05) is 11.2 Å². The van der Waals surface area contributed by atoms with Crippen LogP contribution in [0, 0.1) is 12.7 Å². The van der Waals surface area contributed by atoms with Gasteiger partial charge in [-0.15, -0.1) is 12.4 Å². The second-order valence-corrected chi connectivity index (χ2v) is 7.45. The van der Waals surface area contributed by atoms with Crippen LogP contribution in [0.3, 0.4) is 0 Å². The quantitative estimate of drug-likeness (QED) is 0.588. The zero-order valence-electron chi connectivity index (χ0n) is 16.7. The van der Waals surface area contributed by atoms with Gasteiger partial charge in [-0.2, -0.15) is 4.98 Å². The largest absolute Gasteiger partial charge is 0.399 e. The van der Waals surface area contributed by atoms with Crippen molar-refractivity contribution >= 4 is 24.0 Å². The monoisotopic (exact) mass is 430 g/mol. The van der Waals surface area contributed by atoms with Gasteiger partial charge >= 0.3 is 0 Å². The maximum absolute atomic E-state index is 13.4. The smallest absolute Gasteiger partial charge is 0.227 e. The molecule has 1 heterocycles. The average molecular weight is 431 g/mol. The lowest BCUT2D eigenvalue weighted by Gasteiger charge is -2.26. The third kappa shape index (κ3) is 4.79. The molecule has 6 nitrogen and oxygen atoms in total. The fourth-order valence-corrected chi connectivity index (χ4v) is 3.73. The summed E-state index contributed by atoms with van der Waals surface area (Å²) in [5.74, 6) is 0.439. The summed E-state index contributed by atoms with van der Waals surface area (Å²) in [5, 5.41) is 7.04. The zero-order valence-corrected chi connectivity index (χ0v) is 17.5. The fourth-order valence-electron chi connectivity index (χ4n) is 3.73. The van der Waals surface area contributed by atoms with Gasteiger partial charge in [-0.25, -0.2) is 4.39 Å². The molecule has 0 fully saturated rings. The number of carbonyl (C=O) groups is 1. The Kier molecular flexibility index (Phi) is 6.72. The number of aromatic nitrogens is 2. The molecule has 8 heteroatoms. The predicted octanol–water partition coefficient (Wildman–Crippen LogP) is 4.31. The van der Waals surface area contributed by atoms with E-state index >= 15 is 0 Å². The van der Waals surface area contributed by atoms with Crippen LogP contribution in [-0.4, -0.2) is 16.0 Å². The van der Waals surface area contributed by atoms with Crippen LogP contribution in [0.5, 0.6) is 0 Å². The highest BCUT2D eigenvalue weighted by Gasteiger charge is 2.22. The first-order valence-electron chi connectivity index (χ1n) is 9.76. The molecule has 0 saturated carbocycles. The van der Waals surface area contributed by atoms with E-state index in [0.717, 1.165) is 30.5 Å². The van der Waals surface area contributed by atoms with Crippen molar-refractivity contribution in [2.45, 2.75) is 45.1 Å². The molecule has 0 saturated heterocycles. The van der Waals surface area contributed by atoms with Gasteiger partial charge in [0.15, 0.2) is 0 Å². The van der Waals surface area contributed by atoms with E-state index < -0.39 is 0 Å². The van der Waals surface area contributed by atoms with Gasteiger partial charge in [-0.05, 0) is 73.2 Å². The van der Waals surface area contributed by atoms with Crippen LogP contribution >= 0.6 is 12.4 Å². The molecule has 2 aromatic carbocycles. The minimum atomic E-state index is -0.277. The minimum Gasteiger partial charge on any atom is -0.399 e. The van der Waals surface area contributed by atoms with Crippen LogP contribution in [0.2, 0.25) is 0 Å². The number of amides is 1. The van der Waals surface area contributed by atoms with Gasteiger partial charge in [0.2, 0.25) is 17.6 Å². The summed E-state index contributed by atoms with van der Waals surface area (Å²) in [4.78, 5) is 16.8. The van der Waals surface area contributed by atoms with Gasteiger partial charge in [0.1, 0.15) is 5.82 Å². The Hall–Kier alpha value is -2.93. The summed E-state index contributed by atoms with van der Waals surface area (Å²) in [5.41, 5.74) is 10.2. The molecule has 0 aliphatic heterocycles. The second-order valence-electron chi connectivity index (χ2n) is 7.45. The Morgan fingerprint density at radius 2 is 2.13 bits per heavy atom. The summed E-state index contributed by atoms with van der Waals surface area (Å²) < 4.78 is 18.7. The first-order valence-corrected chi connectivity index (χ1v) is 9.76. The molecule has 0 spiro atoms. The number of hydrogen-bond acceptors (Lipinski definition) is 5. The number of hydrogen-bond donors (Lipinski definition) is 2. The third-order valence-corrected chi connectivity index (χ3v) is 5.27. The van der Waals surface area contributed by atoms with Crippen LogP contribution < -0.4 is 11.1 Å². The molecule has 1 unspecified atom stereocenters. The number of nitrogens with two attached hydrogens (primary N) is 1. The number of halogens is 2. The SMILES string of the molecule is Cc1cc(-c2noc(CCC(=O)NC3CCCc4cc(N)ccc43)n2)ccc1F.Cl. The molecule has 158 valence electrons. The molecule has 4 rings (SSSR count). The van der Waals surface area contributed by atoms with Crippen LogP contribution in [0.4, 0.5) is 10.1 Å². The molecule has 1 aromatic heterocycles. The van der Waals surface area contributed by atoms with E-state index in [1.165, 1.54) is 11.6 Å². The Morgan fingerprint density at radius 1 is 1.30 bits per heavy atom. The fraction of sp³-hybridized carbons (Fsp3) is 0.318. The Morgan fingerprint density at radius 3 is 2.93 bits per heavy atom. The number of benzene rings is 2. The van der Waals surface area contributed by atoms with Gasteiger partial charge in [-0.3, -0.25) is 4.79 Å². The molecular weight excluding hydrogens is 407 g/mol. The van der Waals surface area contributed by atoms with E-state index in [1.54, 1.807) is 19.1 Å². The second kappa shape index (κ2) is 9.26. The van der Waals surface area contributed by atoms with Crippen molar-refractivity contribution in [1.29, 1.82) is 0 Å². The molecule has 30 heavy (non-hydrogen) atoms. The van der Waals surface area contributed by atoms with Crippen molar-refractivity contribution in [3.8, 4) is 11.4 Å². The van der Waals surface area contributed by atoms with Crippen LogP contribution in [0.1, 0.15) is 47.9 Å². The van der Waals surface area contributed by atoms with Gasteiger partial charge < -0.3 is 15.6 Å². The summed E-state index contributed by atoms with van der Waals surface area (Å²) in [6.45, 7) is 1.68. The van der Waals surface area contributed by atoms with E-state index in [-0.39, 0.29) is 36.6 Å². The van der Waals surface area contributed by atoms with E-state index in [1.807, 2.05) is 18.2 Å². The molecule has 0 radical (unpaired) electrons. The molecule has 1 aliphatic carbocycles. The summed E-state index contributed by atoms with van der Waals surface area (Å²) in [7, 11) is 0. The topological polar surface area (TPSA) is 94.0 Å².